The number of nitrogens with zero attached hydrogens (tertiary/aromatic N) is 2. The van der Waals surface area contributed by atoms with Crippen LogP contribution in [0.5, 0.6) is 0 Å². The number of rotatable bonds is 2. The molecule has 0 saturated carbocycles. The topological polar surface area (TPSA) is 68.2 Å². The zero-order valence-electron chi connectivity index (χ0n) is 19.0. The molecule has 0 N–H and O–H groups in total. The lowest BCUT2D eigenvalue weighted by Gasteiger charge is -2.30. The average molecular weight is 519 g/mol. The Morgan fingerprint density at radius 1 is 1.00 bits per heavy atom. The molecule has 0 saturated heterocycles. The summed E-state index contributed by atoms with van der Waals surface area (Å²) in [6.07, 6.45) is -0.746. The minimum atomic E-state index is -1.55. The molecular formula is C27H23BrN2O4. The Morgan fingerprint density at radius 2 is 1.65 bits per heavy atom. The van der Waals surface area contributed by atoms with Crippen LogP contribution in [0.15, 0.2) is 88.5 Å². The first-order valence-electron chi connectivity index (χ1n) is 11.0. The fourth-order valence-electron chi connectivity index (χ4n) is 4.55. The smallest absolute Gasteiger partial charge is 0.421 e. The lowest BCUT2D eigenvalue weighted by molar-refractivity contribution is -0.141. The molecule has 2 aliphatic heterocycles. The quantitative estimate of drug-likeness (QED) is 0.408. The van der Waals surface area contributed by atoms with Gasteiger partial charge in [-0.05, 0) is 38.5 Å². The van der Waals surface area contributed by atoms with Crippen LogP contribution in [0.4, 0.5) is 10.5 Å². The first kappa shape index (κ1) is 22.3. The molecule has 0 bridgehead atoms. The van der Waals surface area contributed by atoms with Crippen molar-refractivity contribution in [2.75, 3.05) is 4.90 Å². The highest BCUT2D eigenvalue weighted by Crippen LogP contribution is 2.56. The Hall–Kier alpha value is -3.45. The minimum Gasteiger partial charge on any atom is -0.443 e. The molecule has 3 aromatic carbocycles. The maximum Gasteiger partial charge on any atom is 0.421 e. The van der Waals surface area contributed by atoms with E-state index in [9.17, 15) is 9.59 Å². The molecule has 0 aliphatic carbocycles. The van der Waals surface area contributed by atoms with Crippen LogP contribution < -0.4 is 4.90 Å². The summed E-state index contributed by atoms with van der Waals surface area (Å²) in [5, 5.41) is 4.45. The number of fused-ring (bicyclic) bond motifs is 2. The van der Waals surface area contributed by atoms with Crippen LogP contribution in [-0.4, -0.2) is 23.3 Å². The second-order valence-electron chi connectivity index (χ2n) is 9.26. The molecule has 1 spiro atoms. The van der Waals surface area contributed by atoms with Gasteiger partial charge in [-0.2, -0.15) is 0 Å². The number of imide groups is 1. The molecule has 0 radical (unpaired) electrons. The number of para-hydroxylation sites is 1. The van der Waals surface area contributed by atoms with E-state index in [4.69, 9.17) is 9.57 Å². The molecule has 6 nitrogen and oxygen atoms in total. The minimum absolute atomic E-state index is 0.434. The highest BCUT2D eigenvalue weighted by molar-refractivity contribution is 9.10. The number of ether oxygens (including phenoxy) is 1. The van der Waals surface area contributed by atoms with E-state index in [-0.39, 0.29) is 0 Å². The summed E-state index contributed by atoms with van der Waals surface area (Å²) >= 11 is 3.65. The first-order valence-corrected chi connectivity index (χ1v) is 11.8. The summed E-state index contributed by atoms with van der Waals surface area (Å²) in [5.74, 6) is -1.13. The number of carbonyl (C=O) groups is 2. The van der Waals surface area contributed by atoms with Crippen LogP contribution in [0.25, 0.3) is 0 Å². The van der Waals surface area contributed by atoms with Crippen molar-refractivity contribution in [3.8, 4) is 0 Å². The summed E-state index contributed by atoms with van der Waals surface area (Å²) in [6.45, 7) is 5.29. The van der Waals surface area contributed by atoms with Gasteiger partial charge in [0.15, 0.2) is 0 Å². The van der Waals surface area contributed by atoms with Crippen LogP contribution in [0.1, 0.15) is 43.4 Å². The highest BCUT2D eigenvalue weighted by atomic mass is 79.9. The van der Waals surface area contributed by atoms with Crippen molar-refractivity contribution in [2.24, 2.45) is 5.16 Å². The van der Waals surface area contributed by atoms with E-state index in [0.717, 1.165) is 20.5 Å². The normalized spacial score (nSPS) is 21.3. The maximum absolute atomic E-state index is 14.2. The number of amides is 2. The lowest BCUT2D eigenvalue weighted by Crippen LogP contribution is -2.48. The summed E-state index contributed by atoms with van der Waals surface area (Å²) in [4.78, 5) is 34.6. The molecule has 0 aromatic heterocycles. The van der Waals surface area contributed by atoms with E-state index < -0.39 is 29.1 Å². The SMILES string of the molecule is CC(C)(C)OC(=O)N1C(=O)[C@@]2(ON=C(c3ccccc3)[C@H]2c2ccccc2Br)c2ccccc21. The second kappa shape index (κ2) is 8.09. The fourth-order valence-corrected chi connectivity index (χ4v) is 5.07. The standard InChI is InChI=1S/C27H23BrN2O4/c1-26(2,3)33-25(32)30-21-16-10-8-14-19(21)27(24(30)31)22(18-13-7-9-15-20(18)28)23(29-34-27)17-11-5-4-6-12-17/h4-16,22H,1-3H3/t22-,27-/m1/s1. The fraction of sp³-hybridized carbons (Fsp3) is 0.222. The molecule has 2 heterocycles. The molecule has 0 unspecified atom stereocenters. The third-order valence-corrected chi connectivity index (χ3v) is 6.62. The lowest BCUT2D eigenvalue weighted by atomic mass is 9.74. The van der Waals surface area contributed by atoms with E-state index in [0.29, 0.717) is 17.0 Å². The molecule has 5 rings (SSSR count). The van der Waals surface area contributed by atoms with Crippen molar-refractivity contribution in [1.29, 1.82) is 0 Å². The van der Waals surface area contributed by atoms with E-state index in [1.165, 1.54) is 0 Å². The molecular weight excluding hydrogens is 496 g/mol. The number of hydrogen-bond donors (Lipinski definition) is 0. The van der Waals surface area contributed by atoms with Crippen LogP contribution in [0.3, 0.4) is 0 Å². The number of benzene rings is 3. The van der Waals surface area contributed by atoms with Crippen molar-refractivity contribution in [2.45, 2.75) is 37.9 Å². The molecule has 34 heavy (non-hydrogen) atoms. The Kier molecular flexibility index (Phi) is 5.32. The van der Waals surface area contributed by atoms with Gasteiger partial charge in [-0.15, -0.1) is 0 Å². The Morgan fingerprint density at radius 3 is 2.35 bits per heavy atom. The van der Waals surface area contributed by atoms with Crippen molar-refractivity contribution in [3.63, 3.8) is 0 Å². The Balaban J connectivity index is 1.72. The maximum atomic E-state index is 14.2. The summed E-state index contributed by atoms with van der Waals surface area (Å²) in [7, 11) is 0. The number of carbonyl (C=O) groups excluding carboxylic acids is 2. The van der Waals surface area contributed by atoms with E-state index in [1.807, 2.05) is 66.7 Å². The average Bonchev–Trinajstić information content (AvgIpc) is 3.31. The summed E-state index contributed by atoms with van der Waals surface area (Å²) < 4.78 is 6.41. The Labute approximate surface area is 206 Å². The molecule has 2 amide bonds. The van der Waals surface area contributed by atoms with Gasteiger partial charge in [0.05, 0.1) is 17.3 Å². The zero-order chi connectivity index (χ0) is 24.1. The summed E-state index contributed by atoms with van der Waals surface area (Å²) in [5.41, 5.74) is 0.957. The van der Waals surface area contributed by atoms with Gasteiger partial charge in [-0.3, -0.25) is 4.79 Å². The predicted molar refractivity (Wildman–Crippen MR) is 133 cm³/mol. The van der Waals surface area contributed by atoms with Gasteiger partial charge in [0.25, 0.3) is 11.5 Å². The molecule has 0 fully saturated rings. The largest absolute Gasteiger partial charge is 0.443 e. The van der Waals surface area contributed by atoms with Gasteiger partial charge in [-0.1, -0.05) is 87.8 Å². The zero-order valence-corrected chi connectivity index (χ0v) is 20.6. The van der Waals surface area contributed by atoms with Crippen molar-refractivity contribution >= 4 is 39.3 Å². The van der Waals surface area contributed by atoms with Crippen LogP contribution >= 0.6 is 15.9 Å². The molecule has 2 aliphatic rings. The molecule has 172 valence electrons. The van der Waals surface area contributed by atoms with E-state index in [2.05, 4.69) is 21.1 Å². The van der Waals surface area contributed by atoms with Crippen LogP contribution in [0, 0.1) is 0 Å². The third kappa shape index (κ3) is 3.42. The van der Waals surface area contributed by atoms with Gasteiger partial charge in [-0.25, -0.2) is 9.69 Å². The van der Waals surface area contributed by atoms with Gasteiger partial charge in [0, 0.05) is 15.6 Å². The first-order chi connectivity index (χ1) is 16.2. The number of oxime groups is 1. The number of hydrogen-bond acceptors (Lipinski definition) is 5. The van der Waals surface area contributed by atoms with Gasteiger partial charge < -0.3 is 9.57 Å². The third-order valence-electron chi connectivity index (χ3n) is 5.90. The van der Waals surface area contributed by atoms with Crippen LogP contribution in [-0.2, 0) is 20.0 Å². The molecule has 3 aromatic rings. The van der Waals surface area contributed by atoms with E-state index >= 15 is 0 Å². The van der Waals surface area contributed by atoms with Crippen molar-refractivity contribution in [1.82, 2.24) is 0 Å². The van der Waals surface area contributed by atoms with Crippen molar-refractivity contribution < 1.29 is 19.2 Å². The monoisotopic (exact) mass is 518 g/mol. The van der Waals surface area contributed by atoms with Crippen LogP contribution in [0.2, 0.25) is 0 Å². The molecule has 7 heteroatoms. The summed E-state index contributed by atoms with van der Waals surface area (Å²) in [6, 6.07) is 24.4. The van der Waals surface area contributed by atoms with Gasteiger partial charge in [0.2, 0.25) is 0 Å². The van der Waals surface area contributed by atoms with Gasteiger partial charge >= 0.3 is 6.09 Å². The van der Waals surface area contributed by atoms with E-state index in [1.54, 1.807) is 32.9 Å². The Bertz CT molecular complexity index is 1320. The van der Waals surface area contributed by atoms with Gasteiger partial charge in [0.1, 0.15) is 5.60 Å². The highest BCUT2D eigenvalue weighted by Gasteiger charge is 2.65. The number of anilines is 1. The number of halogens is 1. The predicted octanol–water partition coefficient (Wildman–Crippen LogP) is 6.14. The van der Waals surface area contributed by atoms with Crippen molar-refractivity contribution in [3.05, 3.63) is 100 Å². The second-order valence-corrected chi connectivity index (χ2v) is 10.1. The molecule has 2 atom stereocenters.